The molecule has 3 aromatic carbocycles. The number of carbonyl (C=O) groups is 2. The van der Waals surface area contributed by atoms with Gasteiger partial charge in [0, 0.05) is 17.4 Å². The summed E-state index contributed by atoms with van der Waals surface area (Å²) < 4.78 is 0. The summed E-state index contributed by atoms with van der Waals surface area (Å²) in [6, 6.07) is 22.8. The summed E-state index contributed by atoms with van der Waals surface area (Å²) in [5, 5.41) is 14.4. The molecule has 0 fully saturated rings. The molecule has 7 heteroatoms. The number of pyridine rings is 1. The number of halogens is 2. The monoisotopic (exact) mass is 506 g/mol. The average molecular weight is 507 g/mol. The van der Waals surface area contributed by atoms with Gasteiger partial charge in [-0.1, -0.05) is 71.7 Å². The highest BCUT2D eigenvalue weighted by molar-refractivity contribution is 6.39. The largest absolute Gasteiger partial charge is 0.480 e. The quantitative estimate of drug-likeness (QED) is 0.308. The van der Waals surface area contributed by atoms with E-state index in [1.807, 2.05) is 60.7 Å². The van der Waals surface area contributed by atoms with Crippen molar-refractivity contribution in [2.24, 2.45) is 0 Å². The number of hydrogen-bond donors (Lipinski definition) is 2. The molecular formula is C28H24Cl2N2O3. The Labute approximate surface area is 213 Å². The normalized spacial score (nSPS) is 12.3. The lowest BCUT2D eigenvalue weighted by molar-refractivity contribution is -0.142. The van der Waals surface area contributed by atoms with Crippen molar-refractivity contribution in [3.63, 3.8) is 0 Å². The summed E-state index contributed by atoms with van der Waals surface area (Å²) in [5.41, 5.74) is 2.75. The molecular weight excluding hydrogens is 483 g/mol. The molecule has 5 nitrogen and oxygen atoms in total. The molecule has 0 radical (unpaired) electrons. The molecule has 4 rings (SSSR count). The second-order valence-electron chi connectivity index (χ2n) is 8.88. The van der Waals surface area contributed by atoms with Gasteiger partial charge in [0.2, 0.25) is 5.91 Å². The van der Waals surface area contributed by atoms with E-state index in [2.05, 4.69) is 10.3 Å². The Morgan fingerprint density at radius 1 is 0.943 bits per heavy atom. The van der Waals surface area contributed by atoms with E-state index >= 15 is 0 Å². The lowest BCUT2D eigenvalue weighted by atomic mass is 9.83. The highest BCUT2D eigenvalue weighted by atomic mass is 35.5. The number of aliphatic carboxylic acids is 1. The van der Waals surface area contributed by atoms with Crippen molar-refractivity contribution in [1.29, 1.82) is 0 Å². The van der Waals surface area contributed by atoms with Crippen molar-refractivity contribution >= 4 is 46.0 Å². The van der Waals surface area contributed by atoms with Crippen LogP contribution < -0.4 is 5.32 Å². The van der Waals surface area contributed by atoms with Crippen LogP contribution in [0.25, 0.3) is 22.2 Å². The molecule has 0 saturated carbocycles. The number of fused-ring (bicyclic) bond motifs is 1. The summed E-state index contributed by atoms with van der Waals surface area (Å²) >= 11 is 12.7. The molecule has 0 unspecified atom stereocenters. The number of carboxylic acid groups (broad SMARTS) is 1. The van der Waals surface area contributed by atoms with E-state index < -0.39 is 17.4 Å². The zero-order valence-electron chi connectivity index (χ0n) is 19.3. The fourth-order valence-corrected chi connectivity index (χ4v) is 4.54. The first kappa shape index (κ1) is 24.7. The number of carboxylic acids is 1. The van der Waals surface area contributed by atoms with Crippen LogP contribution in [0.3, 0.4) is 0 Å². The second kappa shape index (κ2) is 10.1. The Balaban J connectivity index is 1.56. The number of benzene rings is 3. The molecule has 1 amide bonds. The molecule has 0 spiro atoms. The SMILES string of the molecule is CC(C)(C(=O)N[C@@H](Cc1ccc2nc(-c3c(Cl)cccc3Cl)ccc2c1)C(=O)O)c1ccccc1. The lowest BCUT2D eigenvalue weighted by Crippen LogP contribution is -2.49. The molecule has 35 heavy (non-hydrogen) atoms. The maximum Gasteiger partial charge on any atom is 0.326 e. The van der Waals surface area contributed by atoms with Crippen molar-refractivity contribution < 1.29 is 14.7 Å². The van der Waals surface area contributed by atoms with E-state index in [-0.39, 0.29) is 12.3 Å². The van der Waals surface area contributed by atoms with Gasteiger partial charge in [-0.25, -0.2) is 9.78 Å². The Bertz CT molecular complexity index is 1380. The molecule has 0 saturated heterocycles. The van der Waals surface area contributed by atoms with Gasteiger partial charge in [-0.05, 0) is 55.3 Å². The first-order chi connectivity index (χ1) is 16.7. The van der Waals surface area contributed by atoms with E-state index in [1.165, 1.54) is 0 Å². The van der Waals surface area contributed by atoms with E-state index in [0.717, 1.165) is 22.0 Å². The van der Waals surface area contributed by atoms with Gasteiger partial charge in [0.15, 0.2) is 0 Å². The van der Waals surface area contributed by atoms with Gasteiger partial charge in [0.05, 0.1) is 26.7 Å². The summed E-state index contributed by atoms with van der Waals surface area (Å²) in [4.78, 5) is 29.7. The minimum absolute atomic E-state index is 0.139. The number of nitrogens with zero attached hydrogens (tertiary/aromatic N) is 1. The number of hydrogen-bond acceptors (Lipinski definition) is 3. The fraction of sp³-hybridized carbons (Fsp3) is 0.179. The molecule has 0 aliphatic heterocycles. The van der Waals surface area contributed by atoms with Gasteiger partial charge in [0.25, 0.3) is 0 Å². The minimum Gasteiger partial charge on any atom is -0.480 e. The zero-order chi connectivity index (χ0) is 25.2. The van der Waals surface area contributed by atoms with E-state index in [4.69, 9.17) is 23.2 Å². The number of nitrogens with one attached hydrogen (secondary N) is 1. The van der Waals surface area contributed by atoms with Crippen LogP contribution in [0.5, 0.6) is 0 Å². The van der Waals surface area contributed by atoms with Crippen LogP contribution in [0.2, 0.25) is 10.0 Å². The summed E-state index contributed by atoms with van der Waals surface area (Å²) in [7, 11) is 0. The first-order valence-corrected chi connectivity index (χ1v) is 11.9. The van der Waals surface area contributed by atoms with Crippen molar-refractivity contribution in [2.45, 2.75) is 31.7 Å². The third-order valence-corrected chi connectivity index (χ3v) is 6.71. The van der Waals surface area contributed by atoms with Crippen molar-refractivity contribution in [3.05, 3.63) is 100 Å². The number of carbonyl (C=O) groups excluding carboxylic acids is 1. The predicted octanol–water partition coefficient (Wildman–Crippen LogP) is 6.30. The van der Waals surface area contributed by atoms with Crippen LogP contribution in [0, 0.1) is 0 Å². The van der Waals surface area contributed by atoms with Gasteiger partial charge in [-0.2, -0.15) is 0 Å². The van der Waals surface area contributed by atoms with Crippen molar-refractivity contribution in [1.82, 2.24) is 10.3 Å². The summed E-state index contributed by atoms with van der Waals surface area (Å²) in [6.45, 7) is 3.56. The molecule has 0 bridgehead atoms. The van der Waals surface area contributed by atoms with Crippen molar-refractivity contribution in [3.8, 4) is 11.3 Å². The minimum atomic E-state index is -1.09. The molecule has 2 N–H and O–H groups in total. The summed E-state index contributed by atoms with van der Waals surface area (Å²) in [5.74, 6) is -1.44. The molecule has 4 aromatic rings. The van der Waals surface area contributed by atoms with Crippen LogP contribution in [0.15, 0.2) is 78.9 Å². The van der Waals surface area contributed by atoms with Crippen LogP contribution >= 0.6 is 23.2 Å². The van der Waals surface area contributed by atoms with Gasteiger partial charge >= 0.3 is 5.97 Å². The average Bonchev–Trinajstić information content (AvgIpc) is 2.84. The highest BCUT2D eigenvalue weighted by Gasteiger charge is 2.33. The molecule has 1 atom stereocenters. The van der Waals surface area contributed by atoms with Gasteiger partial charge < -0.3 is 10.4 Å². The maximum atomic E-state index is 13.0. The van der Waals surface area contributed by atoms with Crippen LogP contribution in [-0.2, 0) is 21.4 Å². The third-order valence-electron chi connectivity index (χ3n) is 6.08. The Morgan fingerprint density at radius 2 is 1.63 bits per heavy atom. The van der Waals surface area contributed by atoms with E-state index in [0.29, 0.717) is 21.3 Å². The van der Waals surface area contributed by atoms with Crippen molar-refractivity contribution in [2.75, 3.05) is 0 Å². The number of rotatable bonds is 7. The molecule has 1 aromatic heterocycles. The van der Waals surface area contributed by atoms with Gasteiger partial charge in [-0.15, -0.1) is 0 Å². The topological polar surface area (TPSA) is 79.3 Å². The van der Waals surface area contributed by atoms with E-state index in [9.17, 15) is 14.7 Å². The van der Waals surface area contributed by atoms with Gasteiger partial charge in [0.1, 0.15) is 6.04 Å². The van der Waals surface area contributed by atoms with Crippen LogP contribution in [-0.4, -0.2) is 28.0 Å². The fourth-order valence-electron chi connectivity index (χ4n) is 3.94. The number of aromatic nitrogens is 1. The van der Waals surface area contributed by atoms with Crippen LogP contribution in [0.1, 0.15) is 25.0 Å². The zero-order valence-corrected chi connectivity index (χ0v) is 20.8. The lowest BCUT2D eigenvalue weighted by Gasteiger charge is -2.26. The predicted molar refractivity (Wildman–Crippen MR) is 140 cm³/mol. The second-order valence-corrected chi connectivity index (χ2v) is 9.69. The Kier molecular flexibility index (Phi) is 7.10. The maximum absolute atomic E-state index is 13.0. The van der Waals surface area contributed by atoms with Crippen LogP contribution in [0.4, 0.5) is 0 Å². The molecule has 0 aliphatic carbocycles. The van der Waals surface area contributed by atoms with Gasteiger partial charge in [-0.3, -0.25) is 4.79 Å². The highest BCUT2D eigenvalue weighted by Crippen LogP contribution is 2.34. The first-order valence-electron chi connectivity index (χ1n) is 11.1. The summed E-state index contributed by atoms with van der Waals surface area (Å²) in [6.07, 6.45) is 0.139. The molecule has 178 valence electrons. The molecule has 0 aliphatic rings. The van der Waals surface area contributed by atoms with E-state index in [1.54, 1.807) is 32.0 Å². The molecule has 1 heterocycles. The third kappa shape index (κ3) is 5.31. The Hall–Kier alpha value is -3.41. The smallest absolute Gasteiger partial charge is 0.326 e. The standard InChI is InChI=1S/C28H24Cl2N2O3/c1-28(2,19-7-4-3-5-8-19)27(35)32-24(26(33)34)16-17-11-13-22-18(15-17)12-14-23(31-22)25-20(29)9-6-10-21(25)30/h3-15,24H,16H2,1-2H3,(H,32,35)(H,33,34)/t24-/m0/s1. The Morgan fingerprint density at radius 3 is 2.29 bits per heavy atom. The number of amides is 1.